The normalized spacial score (nSPS) is 11.3. The third-order valence-electron chi connectivity index (χ3n) is 4.69. The zero-order chi connectivity index (χ0) is 19.1. The van der Waals surface area contributed by atoms with Crippen LogP contribution < -0.4 is 4.74 Å². The van der Waals surface area contributed by atoms with Crippen molar-refractivity contribution >= 4 is 5.65 Å². The molecular formula is C20H22N6O. The van der Waals surface area contributed by atoms with E-state index in [9.17, 15) is 0 Å². The van der Waals surface area contributed by atoms with Crippen LogP contribution in [0.3, 0.4) is 0 Å². The van der Waals surface area contributed by atoms with Crippen LogP contribution >= 0.6 is 0 Å². The molecule has 4 heterocycles. The Morgan fingerprint density at radius 1 is 1.04 bits per heavy atom. The lowest BCUT2D eigenvalue weighted by Crippen LogP contribution is -2.07. The Kier molecular flexibility index (Phi) is 4.14. The number of nitrogens with zero attached hydrogens (tertiary/aromatic N) is 6. The van der Waals surface area contributed by atoms with Gasteiger partial charge in [-0.15, -0.1) is 0 Å². The van der Waals surface area contributed by atoms with E-state index in [0.717, 1.165) is 45.2 Å². The van der Waals surface area contributed by atoms with Crippen molar-refractivity contribution in [3.8, 4) is 17.3 Å². The van der Waals surface area contributed by atoms with Gasteiger partial charge in [-0.05, 0) is 45.4 Å². The van der Waals surface area contributed by atoms with Crippen molar-refractivity contribution in [3.63, 3.8) is 0 Å². The second kappa shape index (κ2) is 6.50. The van der Waals surface area contributed by atoms with Crippen molar-refractivity contribution in [1.82, 2.24) is 29.1 Å². The molecule has 0 N–H and O–H groups in total. The molecule has 0 aliphatic heterocycles. The molecule has 7 nitrogen and oxygen atoms in total. The van der Waals surface area contributed by atoms with E-state index in [4.69, 9.17) is 4.74 Å². The quantitative estimate of drug-likeness (QED) is 0.557. The topological polar surface area (TPSA) is 70.1 Å². The van der Waals surface area contributed by atoms with Crippen molar-refractivity contribution in [2.24, 2.45) is 0 Å². The minimum Gasteiger partial charge on any atom is -0.481 e. The second-order valence-electron chi connectivity index (χ2n) is 6.78. The first-order valence-electron chi connectivity index (χ1n) is 8.82. The molecule has 138 valence electrons. The lowest BCUT2D eigenvalue weighted by molar-refractivity contribution is 0.389. The average Bonchev–Trinajstić information content (AvgIpc) is 3.23. The first-order chi connectivity index (χ1) is 13.0. The fourth-order valence-electron chi connectivity index (χ4n) is 3.47. The van der Waals surface area contributed by atoms with Crippen LogP contribution in [0.2, 0.25) is 0 Å². The Morgan fingerprint density at radius 3 is 2.59 bits per heavy atom. The van der Waals surface area contributed by atoms with Crippen LogP contribution in [0.4, 0.5) is 0 Å². The molecule has 4 aromatic heterocycles. The van der Waals surface area contributed by atoms with E-state index in [1.165, 1.54) is 0 Å². The number of ether oxygens (including phenoxy) is 1. The molecule has 0 bridgehead atoms. The van der Waals surface area contributed by atoms with E-state index in [0.29, 0.717) is 12.4 Å². The maximum atomic E-state index is 5.51. The molecule has 0 aliphatic carbocycles. The molecule has 0 amide bonds. The molecule has 0 radical (unpaired) electrons. The third-order valence-corrected chi connectivity index (χ3v) is 4.69. The molecule has 0 atom stereocenters. The fourth-order valence-corrected chi connectivity index (χ4v) is 3.47. The first-order valence-corrected chi connectivity index (χ1v) is 8.82. The number of fused-ring (bicyclic) bond motifs is 1. The van der Waals surface area contributed by atoms with Crippen molar-refractivity contribution < 1.29 is 4.74 Å². The van der Waals surface area contributed by atoms with Gasteiger partial charge in [-0.2, -0.15) is 5.10 Å². The molecule has 4 aromatic rings. The molecule has 7 heteroatoms. The van der Waals surface area contributed by atoms with Gasteiger partial charge in [-0.25, -0.2) is 19.5 Å². The Bertz CT molecular complexity index is 1140. The van der Waals surface area contributed by atoms with Crippen LogP contribution in [0.1, 0.15) is 28.2 Å². The summed E-state index contributed by atoms with van der Waals surface area (Å²) in [5.41, 5.74) is 6.84. The smallest absolute Gasteiger partial charge is 0.218 e. The lowest BCUT2D eigenvalue weighted by Gasteiger charge is -2.14. The summed E-state index contributed by atoms with van der Waals surface area (Å²) >= 11 is 0. The van der Waals surface area contributed by atoms with Crippen LogP contribution in [0.25, 0.3) is 17.0 Å². The van der Waals surface area contributed by atoms with E-state index in [1.807, 2.05) is 43.7 Å². The minimum atomic E-state index is 0.611. The highest BCUT2D eigenvalue weighted by Gasteiger charge is 2.17. The zero-order valence-corrected chi connectivity index (χ0v) is 16.2. The predicted molar refractivity (Wildman–Crippen MR) is 103 cm³/mol. The van der Waals surface area contributed by atoms with Gasteiger partial charge in [0.05, 0.1) is 25.4 Å². The highest BCUT2D eigenvalue weighted by Crippen LogP contribution is 2.27. The van der Waals surface area contributed by atoms with Gasteiger partial charge in [0.25, 0.3) is 0 Å². The van der Waals surface area contributed by atoms with Crippen LogP contribution in [0.5, 0.6) is 5.88 Å². The molecule has 0 aromatic carbocycles. The highest BCUT2D eigenvalue weighted by molar-refractivity contribution is 5.73. The number of pyridine rings is 1. The molecule has 0 aliphatic rings. The van der Waals surface area contributed by atoms with Crippen LogP contribution in [-0.4, -0.2) is 36.2 Å². The molecule has 4 rings (SSSR count). The zero-order valence-electron chi connectivity index (χ0n) is 16.2. The number of hydrogen-bond acceptors (Lipinski definition) is 5. The van der Waals surface area contributed by atoms with Gasteiger partial charge in [0, 0.05) is 35.0 Å². The van der Waals surface area contributed by atoms with E-state index >= 15 is 0 Å². The lowest BCUT2D eigenvalue weighted by atomic mass is 10.1. The van der Waals surface area contributed by atoms with Gasteiger partial charge < -0.3 is 9.30 Å². The number of imidazole rings is 1. The van der Waals surface area contributed by atoms with E-state index in [1.54, 1.807) is 13.3 Å². The second-order valence-corrected chi connectivity index (χ2v) is 6.78. The Hall–Kier alpha value is -3.22. The van der Waals surface area contributed by atoms with Gasteiger partial charge in [0.2, 0.25) is 5.88 Å². The van der Waals surface area contributed by atoms with Crippen LogP contribution in [-0.2, 0) is 6.54 Å². The number of methoxy groups -OCH3 is 1. The summed E-state index contributed by atoms with van der Waals surface area (Å²) in [4.78, 5) is 13.8. The number of rotatable bonds is 4. The molecule has 0 fully saturated rings. The number of aromatic nitrogens is 6. The Labute approximate surface area is 157 Å². The highest BCUT2D eigenvalue weighted by atomic mass is 16.5. The molecular weight excluding hydrogens is 340 g/mol. The summed E-state index contributed by atoms with van der Waals surface area (Å²) in [6, 6.07) is 4.08. The molecule has 0 unspecified atom stereocenters. The summed E-state index contributed by atoms with van der Waals surface area (Å²) < 4.78 is 9.44. The van der Waals surface area contributed by atoms with Gasteiger partial charge in [-0.3, -0.25) is 0 Å². The maximum Gasteiger partial charge on any atom is 0.218 e. The van der Waals surface area contributed by atoms with Crippen molar-refractivity contribution in [3.05, 3.63) is 58.9 Å². The standard InChI is InChI=1S/C20H22N6O/c1-12-8-13(2)24-20(27-5)17(12)11-25-7-6-21-18(25)16-10-22-26-15(4)9-14(3)23-19(16)26/h6-10H,11H2,1-5H3. The SMILES string of the molecule is COc1nc(C)cc(C)c1Cn1ccnc1-c1cnn2c(C)cc(C)nc12. The predicted octanol–water partition coefficient (Wildman–Crippen LogP) is 3.28. The monoisotopic (exact) mass is 362 g/mol. The summed E-state index contributed by atoms with van der Waals surface area (Å²) in [5.74, 6) is 1.47. The number of hydrogen-bond donors (Lipinski definition) is 0. The largest absolute Gasteiger partial charge is 0.481 e. The first kappa shape index (κ1) is 17.2. The maximum absolute atomic E-state index is 5.51. The summed E-state index contributed by atoms with van der Waals surface area (Å²) in [7, 11) is 1.65. The third kappa shape index (κ3) is 2.95. The van der Waals surface area contributed by atoms with Crippen molar-refractivity contribution in [1.29, 1.82) is 0 Å². The molecule has 0 spiro atoms. The minimum absolute atomic E-state index is 0.611. The van der Waals surface area contributed by atoms with Crippen molar-refractivity contribution in [2.75, 3.05) is 7.11 Å². The summed E-state index contributed by atoms with van der Waals surface area (Å²) in [5, 5.41) is 4.49. The van der Waals surface area contributed by atoms with Gasteiger partial charge >= 0.3 is 0 Å². The van der Waals surface area contributed by atoms with Crippen molar-refractivity contribution in [2.45, 2.75) is 34.2 Å². The van der Waals surface area contributed by atoms with E-state index in [-0.39, 0.29) is 0 Å². The molecule has 0 saturated heterocycles. The van der Waals surface area contributed by atoms with Gasteiger partial charge in [-0.1, -0.05) is 0 Å². The van der Waals surface area contributed by atoms with Crippen LogP contribution in [0.15, 0.2) is 30.7 Å². The summed E-state index contributed by atoms with van der Waals surface area (Å²) in [6.45, 7) is 8.67. The average molecular weight is 362 g/mol. The molecule has 27 heavy (non-hydrogen) atoms. The number of aryl methyl sites for hydroxylation is 4. The van der Waals surface area contributed by atoms with Gasteiger partial charge in [0.1, 0.15) is 5.82 Å². The van der Waals surface area contributed by atoms with Gasteiger partial charge in [0.15, 0.2) is 5.65 Å². The van der Waals surface area contributed by atoms with E-state index < -0.39 is 0 Å². The Morgan fingerprint density at radius 2 is 1.81 bits per heavy atom. The van der Waals surface area contributed by atoms with E-state index in [2.05, 4.69) is 37.6 Å². The molecule has 0 saturated carbocycles. The fraction of sp³-hybridized carbons (Fsp3) is 0.300. The Balaban J connectivity index is 1.82. The summed E-state index contributed by atoms with van der Waals surface area (Å²) in [6.07, 6.45) is 5.58. The van der Waals surface area contributed by atoms with Crippen LogP contribution in [0, 0.1) is 27.7 Å².